The SMILES string of the molecule is CCN1c2ccc(/C=N\NC(=O)COc3cccc(Cl)c3)cc2C(C)=CC1(C)C. The molecule has 2 aromatic carbocycles. The molecule has 0 fully saturated rings. The number of halogens is 1. The number of nitrogens with one attached hydrogen (secondary N) is 1. The molecule has 152 valence electrons. The van der Waals surface area contributed by atoms with E-state index >= 15 is 0 Å². The Balaban J connectivity index is 1.63. The summed E-state index contributed by atoms with van der Waals surface area (Å²) in [5, 5.41) is 4.61. The maximum absolute atomic E-state index is 11.9. The lowest BCUT2D eigenvalue weighted by Crippen LogP contribution is -2.44. The number of allylic oxidation sites excluding steroid dienone is 1. The maximum Gasteiger partial charge on any atom is 0.277 e. The van der Waals surface area contributed by atoms with Crippen molar-refractivity contribution in [2.24, 2.45) is 5.10 Å². The van der Waals surface area contributed by atoms with Crippen LogP contribution in [0.4, 0.5) is 5.69 Å². The minimum Gasteiger partial charge on any atom is -0.484 e. The van der Waals surface area contributed by atoms with E-state index in [1.807, 2.05) is 6.07 Å². The number of likely N-dealkylation sites (N-methyl/N-ethyl adjacent to an activating group) is 1. The highest BCUT2D eigenvalue weighted by atomic mass is 35.5. The van der Waals surface area contributed by atoms with E-state index in [-0.39, 0.29) is 18.1 Å². The molecule has 2 aromatic rings. The number of amides is 1. The van der Waals surface area contributed by atoms with Crippen molar-refractivity contribution in [2.75, 3.05) is 18.1 Å². The highest BCUT2D eigenvalue weighted by Crippen LogP contribution is 2.38. The van der Waals surface area contributed by atoms with Gasteiger partial charge >= 0.3 is 0 Å². The second-order valence-corrected chi connectivity index (χ2v) is 7.98. The van der Waals surface area contributed by atoms with Crippen molar-refractivity contribution < 1.29 is 9.53 Å². The number of fused-ring (bicyclic) bond motifs is 1. The van der Waals surface area contributed by atoms with Gasteiger partial charge in [0.2, 0.25) is 0 Å². The zero-order chi connectivity index (χ0) is 21.0. The average molecular weight is 412 g/mol. The fraction of sp³-hybridized carbons (Fsp3) is 0.304. The molecule has 0 saturated heterocycles. The molecular weight excluding hydrogens is 386 g/mol. The molecule has 1 heterocycles. The summed E-state index contributed by atoms with van der Waals surface area (Å²) in [5.74, 6) is 0.200. The minimum absolute atomic E-state index is 0.0155. The molecule has 0 radical (unpaired) electrons. The number of nitrogens with zero attached hydrogens (tertiary/aromatic N) is 2. The Morgan fingerprint density at radius 2 is 2.07 bits per heavy atom. The van der Waals surface area contributed by atoms with E-state index in [4.69, 9.17) is 16.3 Å². The monoisotopic (exact) mass is 411 g/mol. The number of rotatable bonds is 6. The Morgan fingerprint density at radius 3 is 2.79 bits per heavy atom. The van der Waals surface area contributed by atoms with Gasteiger partial charge in [0.05, 0.1) is 11.8 Å². The van der Waals surface area contributed by atoms with Crippen molar-refractivity contribution in [3.8, 4) is 5.75 Å². The van der Waals surface area contributed by atoms with Crippen molar-refractivity contribution in [2.45, 2.75) is 33.2 Å². The second-order valence-electron chi connectivity index (χ2n) is 7.54. The Hall–Kier alpha value is -2.79. The molecule has 0 bridgehead atoms. The first-order valence-corrected chi connectivity index (χ1v) is 10.00. The summed E-state index contributed by atoms with van der Waals surface area (Å²) < 4.78 is 5.40. The summed E-state index contributed by atoms with van der Waals surface area (Å²) in [6.07, 6.45) is 3.93. The summed E-state index contributed by atoms with van der Waals surface area (Å²) in [6.45, 7) is 9.53. The van der Waals surface area contributed by atoms with Crippen LogP contribution < -0.4 is 15.1 Å². The van der Waals surface area contributed by atoms with Gasteiger partial charge in [0.15, 0.2) is 6.61 Å². The van der Waals surface area contributed by atoms with Crippen molar-refractivity contribution in [3.63, 3.8) is 0 Å². The van der Waals surface area contributed by atoms with Crippen LogP contribution >= 0.6 is 11.6 Å². The number of anilines is 1. The third kappa shape index (κ3) is 4.98. The Bertz CT molecular complexity index is 966. The van der Waals surface area contributed by atoms with E-state index in [1.54, 1.807) is 30.5 Å². The van der Waals surface area contributed by atoms with Crippen LogP contribution in [0.2, 0.25) is 5.02 Å². The predicted molar refractivity (Wildman–Crippen MR) is 120 cm³/mol. The lowest BCUT2D eigenvalue weighted by atomic mass is 9.88. The van der Waals surface area contributed by atoms with E-state index in [1.165, 1.54) is 16.8 Å². The van der Waals surface area contributed by atoms with Crippen LogP contribution in [0.15, 0.2) is 53.6 Å². The fourth-order valence-electron chi connectivity index (χ4n) is 3.68. The summed E-state index contributed by atoms with van der Waals surface area (Å²) in [7, 11) is 0. The molecular formula is C23H26ClN3O2. The van der Waals surface area contributed by atoms with Gasteiger partial charge in [0.1, 0.15) is 5.75 Å². The molecule has 0 unspecified atom stereocenters. The summed E-state index contributed by atoms with van der Waals surface area (Å²) in [4.78, 5) is 14.3. The zero-order valence-corrected chi connectivity index (χ0v) is 18.0. The first kappa shape index (κ1) is 20.9. The molecule has 1 N–H and O–H groups in total. The maximum atomic E-state index is 11.9. The van der Waals surface area contributed by atoms with Gasteiger partial charge in [-0.05, 0) is 69.2 Å². The van der Waals surface area contributed by atoms with Crippen molar-refractivity contribution in [3.05, 3.63) is 64.7 Å². The van der Waals surface area contributed by atoms with E-state index in [0.29, 0.717) is 10.8 Å². The number of ether oxygens (including phenoxy) is 1. The number of carbonyl (C=O) groups excluding carboxylic acids is 1. The molecule has 3 rings (SSSR count). The van der Waals surface area contributed by atoms with Crippen LogP contribution in [-0.4, -0.2) is 30.8 Å². The molecule has 0 aromatic heterocycles. The van der Waals surface area contributed by atoms with E-state index in [9.17, 15) is 4.79 Å². The van der Waals surface area contributed by atoms with Crippen LogP contribution in [0.5, 0.6) is 5.75 Å². The number of hydrogen-bond acceptors (Lipinski definition) is 4. The Kier molecular flexibility index (Phi) is 6.28. The Morgan fingerprint density at radius 1 is 1.28 bits per heavy atom. The molecule has 1 amide bonds. The van der Waals surface area contributed by atoms with Crippen molar-refractivity contribution in [1.82, 2.24) is 5.43 Å². The zero-order valence-electron chi connectivity index (χ0n) is 17.2. The van der Waals surface area contributed by atoms with Gasteiger partial charge in [0.25, 0.3) is 5.91 Å². The molecule has 5 nitrogen and oxygen atoms in total. The predicted octanol–water partition coefficient (Wildman–Crippen LogP) is 4.89. The third-order valence-corrected chi connectivity index (χ3v) is 5.12. The molecule has 0 spiro atoms. The first-order chi connectivity index (χ1) is 13.8. The van der Waals surface area contributed by atoms with Crippen LogP contribution in [0.25, 0.3) is 5.57 Å². The first-order valence-electron chi connectivity index (χ1n) is 9.62. The second kappa shape index (κ2) is 8.70. The van der Waals surface area contributed by atoms with Gasteiger partial charge in [-0.3, -0.25) is 4.79 Å². The van der Waals surface area contributed by atoms with Gasteiger partial charge in [-0.25, -0.2) is 5.43 Å². The highest BCUT2D eigenvalue weighted by molar-refractivity contribution is 6.30. The summed E-state index contributed by atoms with van der Waals surface area (Å²) in [6, 6.07) is 13.1. The number of benzene rings is 2. The quantitative estimate of drug-likeness (QED) is 0.543. The van der Waals surface area contributed by atoms with E-state index < -0.39 is 0 Å². The van der Waals surface area contributed by atoms with Crippen LogP contribution in [0.1, 0.15) is 38.8 Å². The van der Waals surface area contributed by atoms with Crippen LogP contribution in [-0.2, 0) is 4.79 Å². The summed E-state index contributed by atoms with van der Waals surface area (Å²) in [5.41, 5.74) is 7.03. The smallest absolute Gasteiger partial charge is 0.277 e. The fourth-order valence-corrected chi connectivity index (χ4v) is 3.86. The number of hydrazone groups is 1. The molecule has 1 aliphatic heterocycles. The van der Waals surface area contributed by atoms with Gasteiger partial charge in [-0.1, -0.05) is 29.8 Å². The Labute approximate surface area is 177 Å². The van der Waals surface area contributed by atoms with Crippen LogP contribution in [0, 0.1) is 0 Å². The van der Waals surface area contributed by atoms with Crippen molar-refractivity contribution in [1.29, 1.82) is 0 Å². The van der Waals surface area contributed by atoms with Gasteiger partial charge in [-0.15, -0.1) is 0 Å². The van der Waals surface area contributed by atoms with Crippen molar-refractivity contribution >= 4 is 35.0 Å². The standard InChI is InChI=1S/C23H26ClN3O2/c1-5-27-21-10-9-17(11-20(21)16(2)13-23(27,3)4)14-25-26-22(28)15-29-19-8-6-7-18(24)12-19/h6-14H,5,15H2,1-4H3,(H,26,28)/b25-14-. The third-order valence-electron chi connectivity index (χ3n) is 4.89. The van der Waals surface area contributed by atoms with Gasteiger partial charge < -0.3 is 9.64 Å². The van der Waals surface area contributed by atoms with Crippen LogP contribution in [0.3, 0.4) is 0 Å². The highest BCUT2D eigenvalue weighted by Gasteiger charge is 2.29. The molecule has 6 heteroatoms. The average Bonchev–Trinajstić information content (AvgIpc) is 2.66. The van der Waals surface area contributed by atoms with E-state index in [2.05, 4.69) is 61.3 Å². The largest absolute Gasteiger partial charge is 0.484 e. The van der Waals surface area contributed by atoms with E-state index in [0.717, 1.165) is 12.1 Å². The minimum atomic E-state index is -0.339. The number of carbonyl (C=O) groups is 1. The molecule has 0 saturated carbocycles. The lowest BCUT2D eigenvalue weighted by molar-refractivity contribution is -0.123. The number of hydrogen-bond donors (Lipinski definition) is 1. The molecule has 1 aliphatic rings. The topological polar surface area (TPSA) is 53.9 Å². The van der Waals surface area contributed by atoms with Gasteiger partial charge in [-0.2, -0.15) is 5.10 Å². The molecule has 0 atom stereocenters. The molecule has 29 heavy (non-hydrogen) atoms. The molecule has 0 aliphatic carbocycles. The van der Waals surface area contributed by atoms with Gasteiger partial charge in [0, 0.05) is 22.8 Å². The normalized spacial score (nSPS) is 15.1. The summed E-state index contributed by atoms with van der Waals surface area (Å²) >= 11 is 5.90. The lowest BCUT2D eigenvalue weighted by Gasteiger charge is -2.42.